The van der Waals surface area contributed by atoms with Crippen molar-refractivity contribution >= 4 is 75.5 Å². The standard InChI is InChI=1S/C20H17Cl5N2O3/c1-9(28)8-26-18(29)14-7-13(2-3-15(14)23)27-19(30)17-16(20(17,24)25)10-4-11(21)6-12(22)5-10/h2-7,9,16-17,28H,8H2,1H3,(H,26,29)(H,27,30)/t9?,16-,17+/m0/s1. The third kappa shape index (κ3) is 5.16. The minimum Gasteiger partial charge on any atom is -0.392 e. The molecule has 0 saturated heterocycles. The van der Waals surface area contributed by atoms with E-state index in [0.29, 0.717) is 21.3 Å². The summed E-state index contributed by atoms with van der Waals surface area (Å²) in [5.74, 6) is -2.12. The van der Waals surface area contributed by atoms with Crippen molar-refractivity contribution in [1.82, 2.24) is 5.32 Å². The van der Waals surface area contributed by atoms with Crippen molar-refractivity contribution in [3.8, 4) is 0 Å². The molecule has 5 nitrogen and oxygen atoms in total. The van der Waals surface area contributed by atoms with Gasteiger partial charge in [0.15, 0.2) is 0 Å². The SMILES string of the molecule is CC(O)CNC(=O)c1cc(NC(=O)[C@H]2[C@H](c3cc(Cl)cc(Cl)c3)C2(Cl)Cl)ccc1Cl. The van der Waals surface area contributed by atoms with Gasteiger partial charge >= 0.3 is 0 Å². The number of carbonyl (C=O) groups excluding carboxylic acids is 2. The number of carbonyl (C=O) groups is 2. The van der Waals surface area contributed by atoms with E-state index in [9.17, 15) is 14.7 Å². The molecule has 0 heterocycles. The van der Waals surface area contributed by atoms with Crippen LogP contribution in [0.15, 0.2) is 36.4 Å². The molecule has 2 aromatic carbocycles. The van der Waals surface area contributed by atoms with Crippen LogP contribution in [-0.2, 0) is 4.79 Å². The summed E-state index contributed by atoms with van der Waals surface area (Å²) in [5, 5.41) is 15.6. The first-order valence-corrected chi connectivity index (χ1v) is 10.8. The molecular weight excluding hydrogens is 493 g/mol. The number of alkyl halides is 2. The largest absolute Gasteiger partial charge is 0.392 e. The van der Waals surface area contributed by atoms with E-state index in [0.717, 1.165) is 0 Å². The van der Waals surface area contributed by atoms with Crippen molar-refractivity contribution in [2.24, 2.45) is 5.92 Å². The number of amides is 2. The van der Waals surface area contributed by atoms with Crippen molar-refractivity contribution in [1.29, 1.82) is 0 Å². The highest BCUT2D eigenvalue weighted by Gasteiger charge is 2.67. The molecule has 1 aliphatic carbocycles. The maximum atomic E-state index is 12.8. The van der Waals surface area contributed by atoms with Crippen molar-refractivity contribution in [3.05, 3.63) is 62.6 Å². The Bertz CT molecular complexity index is 976. The molecule has 30 heavy (non-hydrogen) atoms. The van der Waals surface area contributed by atoms with Gasteiger partial charge in [-0.3, -0.25) is 9.59 Å². The molecule has 10 heteroatoms. The summed E-state index contributed by atoms with van der Waals surface area (Å²) in [6.07, 6.45) is -0.706. The number of nitrogens with one attached hydrogen (secondary N) is 2. The molecule has 2 aromatic rings. The van der Waals surface area contributed by atoms with E-state index in [2.05, 4.69) is 10.6 Å². The molecule has 160 valence electrons. The topological polar surface area (TPSA) is 78.4 Å². The summed E-state index contributed by atoms with van der Waals surface area (Å²) in [4.78, 5) is 25.1. The number of hydrogen-bond acceptors (Lipinski definition) is 3. The Kier molecular flexibility index (Phi) is 7.12. The lowest BCUT2D eigenvalue weighted by Crippen LogP contribution is -2.30. The molecule has 2 amide bonds. The molecule has 0 radical (unpaired) electrons. The number of anilines is 1. The molecule has 0 bridgehead atoms. The fourth-order valence-electron chi connectivity index (χ4n) is 3.16. The predicted octanol–water partition coefficient (Wildman–Crippen LogP) is 5.28. The van der Waals surface area contributed by atoms with E-state index < -0.39 is 34.1 Å². The number of halogens is 5. The molecule has 3 atom stereocenters. The minimum absolute atomic E-state index is 0.0682. The molecule has 1 fully saturated rings. The van der Waals surface area contributed by atoms with Crippen molar-refractivity contribution in [3.63, 3.8) is 0 Å². The number of benzene rings is 2. The first-order chi connectivity index (χ1) is 14.0. The van der Waals surface area contributed by atoms with Gasteiger partial charge in [0.2, 0.25) is 5.91 Å². The van der Waals surface area contributed by atoms with Crippen LogP contribution in [-0.4, -0.2) is 33.9 Å². The van der Waals surface area contributed by atoms with Gasteiger partial charge in [0.1, 0.15) is 4.33 Å². The second kappa shape index (κ2) is 9.11. The minimum atomic E-state index is -1.32. The number of aliphatic hydroxyl groups excluding tert-OH is 1. The zero-order valence-electron chi connectivity index (χ0n) is 15.6. The number of hydrogen-bond donors (Lipinski definition) is 3. The van der Waals surface area contributed by atoms with E-state index >= 15 is 0 Å². The maximum absolute atomic E-state index is 12.8. The number of rotatable bonds is 6. The summed E-state index contributed by atoms with van der Waals surface area (Å²) >= 11 is 30.9. The average molecular weight is 511 g/mol. The van der Waals surface area contributed by atoms with Gasteiger partial charge in [0, 0.05) is 28.2 Å². The normalized spacial score (nSPS) is 20.4. The molecule has 3 rings (SSSR count). The predicted molar refractivity (Wildman–Crippen MR) is 121 cm³/mol. The Morgan fingerprint density at radius 2 is 1.73 bits per heavy atom. The van der Waals surface area contributed by atoms with Crippen LogP contribution in [0.3, 0.4) is 0 Å². The quantitative estimate of drug-likeness (QED) is 0.463. The summed E-state index contributed by atoms with van der Waals surface area (Å²) in [5.41, 5.74) is 1.17. The lowest BCUT2D eigenvalue weighted by Gasteiger charge is -2.11. The second-order valence-electron chi connectivity index (χ2n) is 7.08. The van der Waals surface area contributed by atoms with Gasteiger partial charge in [-0.1, -0.05) is 34.8 Å². The van der Waals surface area contributed by atoms with Crippen LogP contribution in [0.25, 0.3) is 0 Å². The van der Waals surface area contributed by atoms with Crippen LogP contribution < -0.4 is 10.6 Å². The van der Waals surface area contributed by atoms with Gasteiger partial charge in [0.25, 0.3) is 5.91 Å². The highest BCUT2D eigenvalue weighted by atomic mass is 35.5. The summed E-state index contributed by atoms with van der Waals surface area (Å²) in [6, 6.07) is 9.39. The van der Waals surface area contributed by atoms with Gasteiger partial charge in [-0.2, -0.15) is 0 Å². The second-order valence-corrected chi connectivity index (χ2v) is 9.80. The van der Waals surface area contributed by atoms with Crippen LogP contribution in [0.5, 0.6) is 0 Å². The number of aliphatic hydroxyl groups is 1. The molecular formula is C20H17Cl5N2O3. The van der Waals surface area contributed by atoms with Gasteiger partial charge in [-0.05, 0) is 48.9 Å². The Labute approximate surface area is 198 Å². The lowest BCUT2D eigenvalue weighted by molar-refractivity contribution is -0.117. The van der Waals surface area contributed by atoms with Crippen molar-refractivity contribution < 1.29 is 14.7 Å². The average Bonchev–Trinajstić information content (AvgIpc) is 3.22. The van der Waals surface area contributed by atoms with Gasteiger partial charge in [0.05, 0.1) is 22.6 Å². The van der Waals surface area contributed by atoms with Crippen molar-refractivity contribution in [2.75, 3.05) is 11.9 Å². The van der Waals surface area contributed by atoms with E-state index in [-0.39, 0.29) is 17.1 Å². The molecule has 0 aliphatic heterocycles. The van der Waals surface area contributed by atoms with E-state index in [1.807, 2.05) is 0 Å². The van der Waals surface area contributed by atoms with Gasteiger partial charge in [-0.15, -0.1) is 23.2 Å². The third-order valence-electron chi connectivity index (χ3n) is 4.62. The van der Waals surface area contributed by atoms with E-state index in [1.54, 1.807) is 31.2 Å². The smallest absolute Gasteiger partial charge is 0.252 e. The zero-order chi connectivity index (χ0) is 22.2. The molecule has 1 unspecified atom stereocenters. The van der Waals surface area contributed by atoms with Crippen LogP contribution in [0, 0.1) is 5.92 Å². The molecule has 1 aliphatic rings. The fourth-order valence-corrected chi connectivity index (χ4v) is 4.73. The first-order valence-electron chi connectivity index (χ1n) is 8.91. The molecule has 0 spiro atoms. The summed E-state index contributed by atoms with van der Waals surface area (Å²) in [7, 11) is 0. The van der Waals surface area contributed by atoms with Crippen molar-refractivity contribution in [2.45, 2.75) is 23.3 Å². The maximum Gasteiger partial charge on any atom is 0.252 e. The highest BCUT2D eigenvalue weighted by molar-refractivity contribution is 6.53. The summed E-state index contributed by atoms with van der Waals surface area (Å²) in [6.45, 7) is 1.61. The molecule has 3 N–H and O–H groups in total. The van der Waals surface area contributed by atoms with Gasteiger partial charge < -0.3 is 15.7 Å². The third-order valence-corrected chi connectivity index (χ3v) is 6.32. The Balaban J connectivity index is 1.76. The summed E-state index contributed by atoms with van der Waals surface area (Å²) < 4.78 is -1.32. The molecule has 1 saturated carbocycles. The Morgan fingerprint density at radius 3 is 2.33 bits per heavy atom. The van der Waals surface area contributed by atoms with Crippen LogP contribution in [0.1, 0.15) is 28.8 Å². The fraction of sp³-hybridized carbons (Fsp3) is 0.300. The zero-order valence-corrected chi connectivity index (χ0v) is 19.3. The van der Waals surface area contributed by atoms with Crippen LogP contribution in [0.4, 0.5) is 5.69 Å². The molecule has 0 aromatic heterocycles. The monoisotopic (exact) mass is 508 g/mol. The van der Waals surface area contributed by atoms with E-state index in [1.165, 1.54) is 12.1 Å². The first kappa shape index (κ1) is 23.5. The Hall–Kier alpha value is -1.21. The van der Waals surface area contributed by atoms with E-state index in [4.69, 9.17) is 58.0 Å². The van der Waals surface area contributed by atoms with Crippen LogP contribution >= 0.6 is 58.0 Å². The Morgan fingerprint density at radius 1 is 1.10 bits per heavy atom. The van der Waals surface area contributed by atoms with Gasteiger partial charge in [-0.25, -0.2) is 0 Å². The van der Waals surface area contributed by atoms with Crippen LogP contribution in [0.2, 0.25) is 15.1 Å². The highest BCUT2D eigenvalue weighted by Crippen LogP contribution is 2.65. The lowest BCUT2D eigenvalue weighted by atomic mass is 10.1.